The van der Waals surface area contributed by atoms with Gasteiger partial charge in [-0.15, -0.1) is 0 Å². The second kappa shape index (κ2) is 2.56. The molecular weight excluding hydrogens is 134 g/mol. The molecular formula is C6H11NO3. The van der Waals surface area contributed by atoms with E-state index in [1.807, 2.05) is 0 Å². The largest absolute Gasteiger partial charge is 0.480 e. The van der Waals surface area contributed by atoms with Crippen LogP contribution in [-0.2, 0) is 4.79 Å². The zero-order valence-electron chi connectivity index (χ0n) is 5.63. The summed E-state index contributed by atoms with van der Waals surface area (Å²) < 4.78 is 0. The van der Waals surface area contributed by atoms with Crippen molar-refractivity contribution in [3.8, 4) is 0 Å². The van der Waals surface area contributed by atoms with E-state index < -0.39 is 11.6 Å². The Hall–Kier alpha value is -0.610. The highest BCUT2D eigenvalue weighted by atomic mass is 16.4. The van der Waals surface area contributed by atoms with Crippen LogP contribution < -0.4 is 5.32 Å². The molecule has 1 aliphatic rings. The highest BCUT2D eigenvalue weighted by molar-refractivity contribution is 5.69. The van der Waals surface area contributed by atoms with Gasteiger partial charge in [-0.1, -0.05) is 0 Å². The third-order valence-electron chi connectivity index (χ3n) is 1.56. The number of rotatable bonds is 4. The molecule has 0 amide bonds. The van der Waals surface area contributed by atoms with E-state index in [0.717, 1.165) is 12.8 Å². The second-order valence-electron chi connectivity index (χ2n) is 2.72. The molecule has 10 heavy (non-hydrogen) atoms. The van der Waals surface area contributed by atoms with Gasteiger partial charge in [0.05, 0.1) is 12.1 Å². The molecule has 0 radical (unpaired) electrons. The van der Waals surface area contributed by atoms with Crippen LogP contribution in [0.2, 0.25) is 0 Å². The first-order valence-electron chi connectivity index (χ1n) is 3.27. The van der Waals surface area contributed by atoms with Crippen molar-refractivity contribution in [2.24, 2.45) is 0 Å². The molecule has 0 spiro atoms. The normalized spacial score (nSPS) is 20.5. The van der Waals surface area contributed by atoms with Crippen molar-refractivity contribution in [2.45, 2.75) is 18.4 Å². The van der Waals surface area contributed by atoms with E-state index in [2.05, 4.69) is 5.32 Å². The van der Waals surface area contributed by atoms with Crippen LogP contribution in [0.15, 0.2) is 0 Å². The molecule has 0 aromatic carbocycles. The Balaban J connectivity index is 2.00. The molecule has 0 heterocycles. The topological polar surface area (TPSA) is 69.6 Å². The summed E-state index contributed by atoms with van der Waals surface area (Å²) in [5.74, 6) is -0.885. The van der Waals surface area contributed by atoms with E-state index in [1.54, 1.807) is 0 Å². The number of hydrogen-bond acceptors (Lipinski definition) is 3. The maximum Gasteiger partial charge on any atom is 0.317 e. The monoisotopic (exact) mass is 145 g/mol. The lowest BCUT2D eigenvalue weighted by Crippen LogP contribution is -2.32. The summed E-state index contributed by atoms with van der Waals surface area (Å²) in [4.78, 5) is 9.96. The predicted molar refractivity (Wildman–Crippen MR) is 34.7 cm³/mol. The van der Waals surface area contributed by atoms with E-state index >= 15 is 0 Å². The van der Waals surface area contributed by atoms with Crippen molar-refractivity contribution < 1.29 is 15.0 Å². The summed E-state index contributed by atoms with van der Waals surface area (Å²) in [5.41, 5.74) is -0.588. The zero-order valence-corrected chi connectivity index (χ0v) is 5.63. The minimum absolute atomic E-state index is 0.0672. The number of hydrogen-bond donors (Lipinski definition) is 3. The Kier molecular flexibility index (Phi) is 1.92. The van der Waals surface area contributed by atoms with Gasteiger partial charge < -0.3 is 15.5 Å². The Labute approximate surface area is 58.9 Å². The van der Waals surface area contributed by atoms with Crippen molar-refractivity contribution in [1.82, 2.24) is 5.32 Å². The fourth-order valence-corrected chi connectivity index (χ4v) is 0.723. The van der Waals surface area contributed by atoms with Gasteiger partial charge in [0, 0.05) is 6.54 Å². The first kappa shape index (κ1) is 7.50. The molecule has 0 unspecified atom stereocenters. The lowest BCUT2D eigenvalue weighted by Gasteiger charge is -2.05. The number of carbonyl (C=O) groups is 1. The van der Waals surface area contributed by atoms with E-state index in [-0.39, 0.29) is 6.54 Å². The molecule has 0 aromatic heterocycles. The third-order valence-corrected chi connectivity index (χ3v) is 1.56. The number of aliphatic hydroxyl groups is 1. The summed E-state index contributed by atoms with van der Waals surface area (Å²) in [6.07, 6.45) is 1.58. The van der Waals surface area contributed by atoms with Gasteiger partial charge in [0.1, 0.15) is 0 Å². The third kappa shape index (κ3) is 2.33. The van der Waals surface area contributed by atoms with Crippen LogP contribution in [0, 0.1) is 0 Å². The maximum atomic E-state index is 9.96. The lowest BCUT2D eigenvalue weighted by atomic mass is 10.3. The minimum Gasteiger partial charge on any atom is -0.480 e. The number of nitrogens with one attached hydrogen (secondary N) is 1. The fourth-order valence-electron chi connectivity index (χ4n) is 0.723. The van der Waals surface area contributed by atoms with Gasteiger partial charge in [0.2, 0.25) is 0 Å². The number of carboxylic acid groups (broad SMARTS) is 1. The minimum atomic E-state index is -0.885. The number of carboxylic acids is 1. The van der Waals surface area contributed by atoms with Crippen LogP contribution >= 0.6 is 0 Å². The van der Waals surface area contributed by atoms with Crippen LogP contribution in [0.4, 0.5) is 0 Å². The molecule has 0 aromatic rings. The molecule has 0 bridgehead atoms. The molecule has 1 aliphatic carbocycles. The van der Waals surface area contributed by atoms with E-state index in [9.17, 15) is 9.90 Å². The van der Waals surface area contributed by atoms with Gasteiger partial charge in [0.15, 0.2) is 0 Å². The molecule has 0 saturated heterocycles. The van der Waals surface area contributed by atoms with E-state index in [1.165, 1.54) is 0 Å². The highest BCUT2D eigenvalue weighted by Gasteiger charge is 2.39. The molecule has 4 nitrogen and oxygen atoms in total. The van der Waals surface area contributed by atoms with Crippen LogP contribution in [0.5, 0.6) is 0 Å². The smallest absolute Gasteiger partial charge is 0.317 e. The molecule has 1 saturated carbocycles. The van der Waals surface area contributed by atoms with E-state index in [4.69, 9.17) is 5.11 Å². The average molecular weight is 145 g/mol. The zero-order chi connectivity index (χ0) is 7.61. The van der Waals surface area contributed by atoms with Crippen molar-refractivity contribution in [1.29, 1.82) is 0 Å². The molecule has 1 rings (SSSR count). The Morgan fingerprint density at radius 3 is 2.60 bits per heavy atom. The second-order valence-corrected chi connectivity index (χ2v) is 2.72. The van der Waals surface area contributed by atoms with Gasteiger partial charge in [-0.05, 0) is 12.8 Å². The number of aliphatic carboxylic acids is 1. The SMILES string of the molecule is O=C(O)CNCC1(O)CC1. The van der Waals surface area contributed by atoms with Crippen LogP contribution in [0.25, 0.3) is 0 Å². The summed E-state index contributed by atoms with van der Waals surface area (Å²) in [5, 5.41) is 20.0. The van der Waals surface area contributed by atoms with Gasteiger partial charge in [0.25, 0.3) is 0 Å². The summed E-state index contributed by atoms with van der Waals surface area (Å²) in [7, 11) is 0. The summed E-state index contributed by atoms with van der Waals surface area (Å²) in [6, 6.07) is 0. The molecule has 58 valence electrons. The molecule has 0 aliphatic heterocycles. The predicted octanol–water partition coefficient (Wildman–Crippen LogP) is -0.815. The molecule has 1 fully saturated rings. The average Bonchev–Trinajstić information content (AvgIpc) is 2.47. The Bertz CT molecular complexity index is 142. The Morgan fingerprint density at radius 2 is 2.20 bits per heavy atom. The fraction of sp³-hybridized carbons (Fsp3) is 0.833. The maximum absolute atomic E-state index is 9.96. The molecule has 3 N–H and O–H groups in total. The van der Waals surface area contributed by atoms with Crippen LogP contribution in [0.3, 0.4) is 0 Å². The van der Waals surface area contributed by atoms with Gasteiger partial charge >= 0.3 is 5.97 Å². The van der Waals surface area contributed by atoms with Crippen LogP contribution in [0.1, 0.15) is 12.8 Å². The lowest BCUT2D eigenvalue weighted by molar-refractivity contribution is -0.136. The first-order chi connectivity index (χ1) is 4.62. The van der Waals surface area contributed by atoms with Crippen molar-refractivity contribution in [2.75, 3.05) is 13.1 Å². The highest BCUT2D eigenvalue weighted by Crippen LogP contribution is 2.33. The van der Waals surface area contributed by atoms with Crippen molar-refractivity contribution in [3.05, 3.63) is 0 Å². The van der Waals surface area contributed by atoms with Gasteiger partial charge in [-0.3, -0.25) is 4.79 Å². The van der Waals surface area contributed by atoms with E-state index in [0.29, 0.717) is 6.54 Å². The van der Waals surface area contributed by atoms with Crippen molar-refractivity contribution in [3.63, 3.8) is 0 Å². The molecule has 4 heteroatoms. The first-order valence-corrected chi connectivity index (χ1v) is 3.27. The quantitative estimate of drug-likeness (QED) is 0.483. The Morgan fingerprint density at radius 1 is 1.60 bits per heavy atom. The van der Waals surface area contributed by atoms with Crippen LogP contribution in [-0.4, -0.2) is 34.9 Å². The van der Waals surface area contributed by atoms with Gasteiger partial charge in [-0.25, -0.2) is 0 Å². The summed E-state index contributed by atoms with van der Waals surface area (Å²) >= 11 is 0. The van der Waals surface area contributed by atoms with Gasteiger partial charge in [-0.2, -0.15) is 0 Å². The molecule has 0 atom stereocenters. The summed E-state index contributed by atoms with van der Waals surface area (Å²) in [6.45, 7) is 0.335. The van der Waals surface area contributed by atoms with Crippen molar-refractivity contribution >= 4 is 5.97 Å². The standard InChI is InChI=1S/C6H11NO3/c8-5(9)3-7-4-6(10)1-2-6/h7,10H,1-4H2,(H,8,9).